The van der Waals surface area contributed by atoms with Crippen LogP contribution < -0.4 is 10.5 Å². The summed E-state index contributed by atoms with van der Waals surface area (Å²) in [5.41, 5.74) is 6.83. The monoisotopic (exact) mass is 263 g/mol. The normalized spacial score (nSPS) is 22.8. The molecule has 0 amide bonds. The van der Waals surface area contributed by atoms with Crippen molar-refractivity contribution in [3.63, 3.8) is 0 Å². The van der Waals surface area contributed by atoms with Gasteiger partial charge in [0, 0.05) is 11.6 Å². The largest absolute Gasteiger partial charge is 0.490 e. The highest BCUT2D eigenvalue weighted by molar-refractivity contribution is 5.73. The molecule has 1 aromatic rings. The SMILES string of the molecule is COC(=O)Cc1ccccc1OC1CCCC(N)C1. The number of nitrogens with two attached hydrogens (primary N) is 1. The summed E-state index contributed by atoms with van der Waals surface area (Å²) >= 11 is 0. The predicted molar refractivity (Wildman–Crippen MR) is 73.0 cm³/mol. The van der Waals surface area contributed by atoms with Crippen LogP contribution in [0.25, 0.3) is 0 Å². The molecule has 0 radical (unpaired) electrons. The van der Waals surface area contributed by atoms with Gasteiger partial charge in [0.2, 0.25) is 0 Å². The van der Waals surface area contributed by atoms with Crippen molar-refractivity contribution >= 4 is 5.97 Å². The van der Waals surface area contributed by atoms with Crippen LogP contribution in [0.4, 0.5) is 0 Å². The number of ether oxygens (including phenoxy) is 2. The number of hydrogen-bond acceptors (Lipinski definition) is 4. The zero-order chi connectivity index (χ0) is 13.7. The molecule has 19 heavy (non-hydrogen) atoms. The molecule has 1 aliphatic carbocycles. The Morgan fingerprint density at radius 1 is 1.37 bits per heavy atom. The number of methoxy groups -OCH3 is 1. The number of carbonyl (C=O) groups is 1. The van der Waals surface area contributed by atoms with Gasteiger partial charge in [-0.15, -0.1) is 0 Å². The maximum atomic E-state index is 11.4. The lowest BCUT2D eigenvalue weighted by molar-refractivity contribution is -0.139. The van der Waals surface area contributed by atoms with Gasteiger partial charge < -0.3 is 15.2 Å². The van der Waals surface area contributed by atoms with Crippen molar-refractivity contribution in [1.82, 2.24) is 0 Å². The van der Waals surface area contributed by atoms with Crippen molar-refractivity contribution in [2.24, 2.45) is 5.73 Å². The van der Waals surface area contributed by atoms with Crippen molar-refractivity contribution in [2.75, 3.05) is 7.11 Å². The van der Waals surface area contributed by atoms with E-state index in [2.05, 4.69) is 0 Å². The molecule has 0 spiro atoms. The molecule has 4 nitrogen and oxygen atoms in total. The highest BCUT2D eigenvalue weighted by Gasteiger charge is 2.21. The van der Waals surface area contributed by atoms with E-state index in [1.54, 1.807) is 0 Å². The van der Waals surface area contributed by atoms with Crippen LogP contribution >= 0.6 is 0 Å². The summed E-state index contributed by atoms with van der Waals surface area (Å²) in [5.74, 6) is 0.517. The maximum absolute atomic E-state index is 11.4. The molecule has 0 aromatic heterocycles. The van der Waals surface area contributed by atoms with Gasteiger partial charge in [0.1, 0.15) is 11.9 Å². The van der Waals surface area contributed by atoms with E-state index in [0.29, 0.717) is 0 Å². The second kappa shape index (κ2) is 6.57. The Bertz CT molecular complexity index is 433. The van der Waals surface area contributed by atoms with Gasteiger partial charge in [-0.3, -0.25) is 4.79 Å². The van der Waals surface area contributed by atoms with Gasteiger partial charge in [-0.1, -0.05) is 18.2 Å². The number of benzene rings is 1. The molecular weight excluding hydrogens is 242 g/mol. The van der Waals surface area contributed by atoms with E-state index in [1.165, 1.54) is 7.11 Å². The summed E-state index contributed by atoms with van der Waals surface area (Å²) in [6.07, 6.45) is 4.48. The fourth-order valence-corrected chi connectivity index (χ4v) is 2.46. The maximum Gasteiger partial charge on any atom is 0.310 e. The number of hydrogen-bond donors (Lipinski definition) is 1. The van der Waals surface area contributed by atoms with Gasteiger partial charge in [0.15, 0.2) is 0 Å². The molecule has 1 saturated carbocycles. The van der Waals surface area contributed by atoms with Crippen LogP contribution in [0.2, 0.25) is 0 Å². The minimum atomic E-state index is -0.253. The first-order valence-electron chi connectivity index (χ1n) is 6.76. The van der Waals surface area contributed by atoms with Crippen molar-refractivity contribution in [3.8, 4) is 5.75 Å². The van der Waals surface area contributed by atoms with Gasteiger partial charge in [-0.2, -0.15) is 0 Å². The average molecular weight is 263 g/mol. The Balaban J connectivity index is 2.04. The average Bonchev–Trinajstić information content (AvgIpc) is 2.41. The first-order valence-corrected chi connectivity index (χ1v) is 6.76. The van der Waals surface area contributed by atoms with E-state index < -0.39 is 0 Å². The summed E-state index contributed by atoms with van der Waals surface area (Å²) in [5, 5.41) is 0. The molecule has 0 aliphatic heterocycles. The first kappa shape index (κ1) is 13.9. The molecule has 104 valence electrons. The van der Waals surface area contributed by atoms with Gasteiger partial charge in [0.05, 0.1) is 13.5 Å². The topological polar surface area (TPSA) is 61.5 Å². The molecule has 0 bridgehead atoms. The fraction of sp³-hybridized carbons (Fsp3) is 0.533. The molecule has 1 aromatic carbocycles. The Hall–Kier alpha value is -1.55. The molecule has 1 aliphatic rings. The van der Waals surface area contributed by atoms with Gasteiger partial charge >= 0.3 is 5.97 Å². The molecular formula is C15H21NO3. The molecule has 2 unspecified atom stereocenters. The molecule has 4 heteroatoms. The third-order valence-electron chi connectivity index (χ3n) is 3.50. The lowest BCUT2D eigenvalue weighted by atomic mass is 9.93. The highest BCUT2D eigenvalue weighted by atomic mass is 16.5. The minimum Gasteiger partial charge on any atom is -0.490 e. The third-order valence-corrected chi connectivity index (χ3v) is 3.50. The lowest BCUT2D eigenvalue weighted by Gasteiger charge is -2.28. The number of carbonyl (C=O) groups excluding carboxylic acids is 1. The van der Waals surface area contributed by atoms with Crippen LogP contribution in [0, 0.1) is 0 Å². The smallest absolute Gasteiger partial charge is 0.310 e. The van der Waals surface area contributed by atoms with E-state index in [9.17, 15) is 4.79 Å². The summed E-state index contributed by atoms with van der Waals surface area (Å²) in [6, 6.07) is 7.84. The molecule has 0 heterocycles. The number of esters is 1. The standard InChI is InChI=1S/C15H21NO3/c1-18-15(17)9-11-5-2-3-8-14(11)19-13-7-4-6-12(16)10-13/h2-3,5,8,12-13H,4,6-7,9-10,16H2,1H3. The summed E-state index contributed by atoms with van der Waals surface area (Å²) in [6.45, 7) is 0. The van der Waals surface area contributed by atoms with Crippen LogP contribution in [0.15, 0.2) is 24.3 Å². The van der Waals surface area contributed by atoms with Crippen molar-refractivity contribution in [3.05, 3.63) is 29.8 Å². The minimum absolute atomic E-state index is 0.155. The van der Waals surface area contributed by atoms with Gasteiger partial charge in [-0.05, 0) is 31.7 Å². The van der Waals surface area contributed by atoms with Crippen molar-refractivity contribution < 1.29 is 14.3 Å². The predicted octanol–water partition coefficient (Wildman–Crippen LogP) is 2.05. The Kier molecular flexibility index (Phi) is 4.80. The zero-order valence-electron chi connectivity index (χ0n) is 11.3. The van der Waals surface area contributed by atoms with Crippen LogP contribution in [0.1, 0.15) is 31.2 Å². The Labute approximate surface area is 113 Å². The van der Waals surface area contributed by atoms with Crippen LogP contribution in [0.5, 0.6) is 5.75 Å². The summed E-state index contributed by atoms with van der Waals surface area (Å²) < 4.78 is 10.7. The lowest BCUT2D eigenvalue weighted by Crippen LogP contribution is -2.33. The molecule has 2 atom stereocenters. The number of rotatable bonds is 4. The van der Waals surface area contributed by atoms with Crippen LogP contribution in [0.3, 0.4) is 0 Å². The molecule has 2 rings (SSSR count). The highest BCUT2D eigenvalue weighted by Crippen LogP contribution is 2.26. The quantitative estimate of drug-likeness (QED) is 0.845. The second-order valence-corrected chi connectivity index (χ2v) is 5.03. The first-order chi connectivity index (χ1) is 9.19. The van der Waals surface area contributed by atoms with Crippen molar-refractivity contribution in [1.29, 1.82) is 0 Å². The third kappa shape index (κ3) is 3.96. The Morgan fingerprint density at radius 2 is 2.16 bits per heavy atom. The van der Waals surface area contributed by atoms with Crippen LogP contribution in [-0.4, -0.2) is 25.2 Å². The molecule has 0 saturated heterocycles. The van der Waals surface area contributed by atoms with Gasteiger partial charge in [0.25, 0.3) is 0 Å². The molecule has 1 fully saturated rings. The van der Waals surface area contributed by atoms with E-state index in [0.717, 1.165) is 37.0 Å². The van der Waals surface area contributed by atoms with E-state index in [1.807, 2.05) is 24.3 Å². The van der Waals surface area contributed by atoms with Gasteiger partial charge in [-0.25, -0.2) is 0 Å². The van der Waals surface area contributed by atoms with E-state index in [4.69, 9.17) is 15.2 Å². The summed E-state index contributed by atoms with van der Waals surface area (Å²) in [4.78, 5) is 11.4. The molecule has 2 N–H and O–H groups in total. The second-order valence-electron chi connectivity index (χ2n) is 5.03. The van der Waals surface area contributed by atoms with Crippen LogP contribution in [-0.2, 0) is 16.0 Å². The van der Waals surface area contributed by atoms with Crippen molar-refractivity contribution in [2.45, 2.75) is 44.2 Å². The Morgan fingerprint density at radius 3 is 2.89 bits per heavy atom. The van der Waals surface area contributed by atoms with E-state index in [-0.39, 0.29) is 24.5 Å². The summed E-state index contributed by atoms with van der Waals surface area (Å²) in [7, 11) is 1.39. The number of para-hydroxylation sites is 1. The van der Waals surface area contributed by atoms with E-state index >= 15 is 0 Å². The zero-order valence-corrected chi connectivity index (χ0v) is 11.3. The fourth-order valence-electron chi connectivity index (χ4n) is 2.46.